The number of carbonyl (C=O) groups is 2. The van der Waals surface area contributed by atoms with Crippen molar-refractivity contribution in [3.8, 4) is 11.4 Å². The molecule has 0 aliphatic carbocycles. The first-order valence-corrected chi connectivity index (χ1v) is 9.37. The molecule has 0 radical (unpaired) electrons. The lowest BCUT2D eigenvalue weighted by atomic mass is 10.1. The van der Waals surface area contributed by atoms with Crippen LogP contribution in [0.3, 0.4) is 0 Å². The van der Waals surface area contributed by atoms with Crippen molar-refractivity contribution in [2.75, 3.05) is 24.5 Å². The minimum atomic E-state index is -0.138. The molecule has 0 saturated carbocycles. The lowest BCUT2D eigenvalue weighted by Gasteiger charge is -2.23. The first-order valence-electron chi connectivity index (χ1n) is 9.37. The fourth-order valence-electron chi connectivity index (χ4n) is 3.71. The minimum absolute atomic E-state index is 0.0567. The number of nitrogens with zero attached hydrogens (tertiary/aromatic N) is 3. The number of hydrogen-bond acceptors (Lipinski definition) is 5. The van der Waals surface area contributed by atoms with E-state index in [1.807, 2.05) is 18.2 Å². The van der Waals surface area contributed by atoms with E-state index >= 15 is 0 Å². The second-order valence-corrected chi connectivity index (χ2v) is 7.08. The third kappa shape index (κ3) is 3.68. The average Bonchev–Trinajstić information content (AvgIpc) is 3.12. The van der Waals surface area contributed by atoms with Gasteiger partial charge in [-0.25, -0.2) is 9.97 Å². The second-order valence-electron chi connectivity index (χ2n) is 7.08. The molecule has 1 saturated heterocycles. The maximum Gasteiger partial charge on any atom is 0.254 e. The monoisotopic (exact) mass is 365 g/mol. The molecule has 140 valence electrons. The summed E-state index contributed by atoms with van der Waals surface area (Å²) in [7, 11) is 0. The Labute approximate surface area is 158 Å². The van der Waals surface area contributed by atoms with E-state index in [0.29, 0.717) is 17.9 Å². The zero-order valence-corrected chi connectivity index (χ0v) is 15.4. The molecule has 2 aromatic rings. The number of rotatable bonds is 3. The van der Waals surface area contributed by atoms with Gasteiger partial charge in [0.2, 0.25) is 5.91 Å². The Hall–Kier alpha value is -2.80. The van der Waals surface area contributed by atoms with E-state index in [1.54, 1.807) is 24.2 Å². The Bertz CT molecular complexity index is 859. The summed E-state index contributed by atoms with van der Waals surface area (Å²) in [6.07, 6.45) is 6.04. The smallest absolute Gasteiger partial charge is 0.254 e. The first-order chi connectivity index (χ1) is 13.1. The molecule has 2 aliphatic heterocycles. The normalized spacial score (nSPS) is 18.9. The molecule has 0 bridgehead atoms. The standard InChI is InChI=1S/C20H23N5O2/c1-13(26)25-8-6-14-9-15(4-5-18(14)25)19-22-10-16(11-23-19)20(27)24-17-3-2-7-21-12-17/h4-5,9-11,17,21H,2-3,6-8,12H2,1H3,(H,24,27). The Morgan fingerprint density at radius 3 is 2.78 bits per heavy atom. The zero-order valence-electron chi connectivity index (χ0n) is 15.4. The van der Waals surface area contributed by atoms with Crippen LogP contribution in [-0.2, 0) is 11.2 Å². The zero-order chi connectivity index (χ0) is 18.8. The fraction of sp³-hybridized carbons (Fsp3) is 0.400. The summed E-state index contributed by atoms with van der Waals surface area (Å²) >= 11 is 0. The van der Waals surface area contributed by atoms with Gasteiger partial charge in [-0.1, -0.05) is 0 Å². The van der Waals surface area contributed by atoms with Gasteiger partial charge in [0.05, 0.1) is 5.56 Å². The summed E-state index contributed by atoms with van der Waals surface area (Å²) in [5.41, 5.74) is 3.44. The lowest BCUT2D eigenvalue weighted by molar-refractivity contribution is -0.116. The molecule has 1 aromatic carbocycles. The van der Waals surface area contributed by atoms with E-state index < -0.39 is 0 Å². The van der Waals surface area contributed by atoms with Gasteiger partial charge in [0.25, 0.3) is 5.91 Å². The highest BCUT2D eigenvalue weighted by Gasteiger charge is 2.23. The van der Waals surface area contributed by atoms with Gasteiger partial charge >= 0.3 is 0 Å². The van der Waals surface area contributed by atoms with Gasteiger partial charge in [-0.05, 0) is 49.6 Å². The van der Waals surface area contributed by atoms with Crippen molar-refractivity contribution in [3.05, 3.63) is 41.7 Å². The topological polar surface area (TPSA) is 87.2 Å². The van der Waals surface area contributed by atoms with Crippen molar-refractivity contribution in [1.29, 1.82) is 0 Å². The average molecular weight is 365 g/mol. The van der Waals surface area contributed by atoms with Gasteiger partial charge in [-0.2, -0.15) is 0 Å². The summed E-state index contributed by atoms with van der Waals surface area (Å²) in [5, 5.41) is 6.31. The van der Waals surface area contributed by atoms with E-state index in [9.17, 15) is 9.59 Å². The molecule has 1 aromatic heterocycles. The van der Waals surface area contributed by atoms with Crippen LogP contribution in [0.5, 0.6) is 0 Å². The lowest BCUT2D eigenvalue weighted by Crippen LogP contribution is -2.45. The van der Waals surface area contributed by atoms with E-state index in [1.165, 1.54) is 0 Å². The summed E-state index contributed by atoms with van der Waals surface area (Å²) in [5.74, 6) is 0.498. The number of nitrogens with one attached hydrogen (secondary N) is 2. The highest BCUT2D eigenvalue weighted by Crippen LogP contribution is 2.31. The molecule has 1 unspecified atom stereocenters. The maximum atomic E-state index is 12.4. The Morgan fingerprint density at radius 1 is 1.26 bits per heavy atom. The van der Waals surface area contributed by atoms with Crippen LogP contribution in [0.2, 0.25) is 0 Å². The molecule has 0 spiro atoms. The molecular formula is C20H23N5O2. The van der Waals surface area contributed by atoms with Crippen LogP contribution in [0.15, 0.2) is 30.6 Å². The van der Waals surface area contributed by atoms with Crippen LogP contribution in [0.25, 0.3) is 11.4 Å². The van der Waals surface area contributed by atoms with Crippen LogP contribution < -0.4 is 15.5 Å². The van der Waals surface area contributed by atoms with Crippen LogP contribution in [-0.4, -0.2) is 47.5 Å². The third-order valence-electron chi connectivity index (χ3n) is 5.16. The number of aromatic nitrogens is 2. The molecule has 2 N–H and O–H groups in total. The van der Waals surface area contributed by atoms with Gasteiger partial charge in [0.15, 0.2) is 5.82 Å². The van der Waals surface area contributed by atoms with Crippen molar-refractivity contribution in [2.45, 2.75) is 32.2 Å². The predicted octanol–water partition coefficient (Wildman–Crippen LogP) is 1.53. The van der Waals surface area contributed by atoms with Crippen LogP contribution in [0.1, 0.15) is 35.7 Å². The quantitative estimate of drug-likeness (QED) is 0.861. The number of carbonyl (C=O) groups excluding carboxylic acids is 2. The Morgan fingerprint density at radius 2 is 2.07 bits per heavy atom. The third-order valence-corrected chi connectivity index (χ3v) is 5.16. The SMILES string of the molecule is CC(=O)N1CCc2cc(-c3ncc(C(=O)NC4CCCNC4)cn3)ccc21. The van der Waals surface area contributed by atoms with Crippen LogP contribution in [0, 0.1) is 0 Å². The van der Waals surface area contributed by atoms with E-state index in [4.69, 9.17) is 0 Å². The van der Waals surface area contributed by atoms with E-state index in [2.05, 4.69) is 20.6 Å². The van der Waals surface area contributed by atoms with E-state index in [-0.39, 0.29) is 17.9 Å². The van der Waals surface area contributed by atoms with Gasteiger partial charge in [0.1, 0.15) is 0 Å². The highest BCUT2D eigenvalue weighted by molar-refractivity contribution is 5.95. The Balaban J connectivity index is 1.48. The molecule has 2 aliphatic rings. The summed E-state index contributed by atoms with van der Waals surface area (Å²) in [4.78, 5) is 34.6. The number of anilines is 1. The molecule has 2 amide bonds. The molecule has 1 fully saturated rings. The first kappa shape index (κ1) is 17.6. The number of amides is 2. The van der Waals surface area contributed by atoms with Crippen LogP contribution >= 0.6 is 0 Å². The molecule has 7 heteroatoms. The second kappa shape index (κ2) is 7.44. The highest BCUT2D eigenvalue weighted by atomic mass is 16.2. The minimum Gasteiger partial charge on any atom is -0.348 e. The molecular weight excluding hydrogens is 342 g/mol. The maximum absolute atomic E-state index is 12.4. The van der Waals surface area contributed by atoms with Crippen molar-refractivity contribution in [3.63, 3.8) is 0 Å². The van der Waals surface area contributed by atoms with Gasteiger partial charge in [0, 0.05) is 49.7 Å². The number of hydrogen-bond donors (Lipinski definition) is 2. The number of benzene rings is 1. The summed E-state index contributed by atoms with van der Waals surface area (Å²) in [6.45, 7) is 4.11. The van der Waals surface area contributed by atoms with Crippen molar-refractivity contribution >= 4 is 17.5 Å². The molecule has 3 heterocycles. The molecule has 1 atom stereocenters. The predicted molar refractivity (Wildman–Crippen MR) is 103 cm³/mol. The molecule has 27 heavy (non-hydrogen) atoms. The largest absolute Gasteiger partial charge is 0.348 e. The van der Waals surface area contributed by atoms with Crippen molar-refractivity contribution in [2.24, 2.45) is 0 Å². The number of piperidine rings is 1. The molecule has 7 nitrogen and oxygen atoms in total. The van der Waals surface area contributed by atoms with Crippen LogP contribution in [0.4, 0.5) is 5.69 Å². The Kier molecular flexibility index (Phi) is 4.85. The molecule has 4 rings (SSSR count). The van der Waals surface area contributed by atoms with Crippen molar-refractivity contribution in [1.82, 2.24) is 20.6 Å². The van der Waals surface area contributed by atoms with Gasteiger partial charge in [-0.15, -0.1) is 0 Å². The summed E-state index contributed by atoms with van der Waals surface area (Å²) in [6, 6.07) is 6.05. The van der Waals surface area contributed by atoms with E-state index in [0.717, 1.165) is 49.2 Å². The van der Waals surface area contributed by atoms with Crippen molar-refractivity contribution < 1.29 is 9.59 Å². The van der Waals surface area contributed by atoms with Gasteiger partial charge in [-0.3, -0.25) is 9.59 Å². The summed E-state index contributed by atoms with van der Waals surface area (Å²) < 4.78 is 0. The fourth-order valence-corrected chi connectivity index (χ4v) is 3.71. The van der Waals surface area contributed by atoms with Gasteiger partial charge < -0.3 is 15.5 Å². The number of fused-ring (bicyclic) bond motifs is 1.